The van der Waals surface area contributed by atoms with Crippen molar-refractivity contribution in [1.29, 1.82) is 0 Å². The Hall–Kier alpha value is -4.35. The first-order valence-corrected chi connectivity index (χ1v) is 14.2. The molecule has 1 aliphatic heterocycles. The summed E-state index contributed by atoms with van der Waals surface area (Å²) in [4.78, 5) is 25.9. The molecule has 10 nitrogen and oxygen atoms in total. The number of ether oxygens (including phenoxy) is 4. The maximum Gasteiger partial charge on any atom is 0.332 e. The molecular weight excluding hydrogens is 548 g/mol. The highest BCUT2D eigenvalue weighted by molar-refractivity contribution is 5.73. The Labute approximate surface area is 248 Å². The number of hydrogen-bond acceptors (Lipinski definition) is 7. The first-order valence-electron chi connectivity index (χ1n) is 14.2. The summed E-state index contributed by atoms with van der Waals surface area (Å²) in [7, 11) is 3.06. The zero-order chi connectivity index (χ0) is 29.8. The molecule has 2 aromatic heterocycles. The molecule has 222 valence electrons. The second-order valence-corrected chi connectivity index (χ2v) is 10.6. The molecule has 0 spiro atoms. The van der Waals surface area contributed by atoms with Gasteiger partial charge < -0.3 is 18.9 Å². The van der Waals surface area contributed by atoms with E-state index in [0.717, 1.165) is 21.3 Å². The number of benzene rings is 3. The second kappa shape index (κ2) is 12.9. The third-order valence-corrected chi connectivity index (χ3v) is 7.69. The monoisotopic (exact) mass is 582 g/mol. The summed E-state index contributed by atoms with van der Waals surface area (Å²) in [5.74, 6) is 0. The van der Waals surface area contributed by atoms with Crippen molar-refractivity contribution >= 4 is 11.0 Å². The SMILES string of the molecule is Cn1c(=O)c2cnn([C@@H]3O[C@H](COCc4ccccc4)[C@@H](OCc4ccccc4)[C@H]3OCc3ccccc3)c2n(C)c1=O. The van der Waals surface area contributed by atoms with E-state index in [1.165, 1.54) is 17.8 Å². The van der Waals surface area contributed by atoms with Crippen molar-refractivity contribution in [3.05, 3.63) is 135 Å². The van der Waals surface area contributed by atoms with Gasteiger partial charge in [0.1, 0.15) is 23.7 Å². The Morgan fingerprint density at radius 1 is 0.721 bits per heavy atom. The number of aromatic nitrogens is 4. The van der Waals surface area contributed by atoms with Crippen LogP contribution in [0.2, 0.25) is 0 Å². The Morgan fingerprint density at radius 2 is 1.26 bits per heavy atom. The molecule has 1 saturated heterocycles. The smallest absolute Gasteiger partial charge is 0.332 e. The van der Waals surface area contributed by atoms with Gasteiger partial charge in [0.25, 0.3) is 5.56 Å². The minimum Gasteiger partial charge on any atom is -0.374 e. The lowest BCUT2D eigenvalue weighted by molar-refractivity contribution is -0.0926. The third-order valence-electron chi connectivity index (χ3n) is 7.69. The highest BCUT2D eigenvalue weighted by Gasteiger charge is 2.48. The number of nitrogens with zero attached hydrogens (tertiary/aromatic N) is 4. The number of fused-ring (bicyclic) bond motifs is 1. The van der Waals surface area contributed by atoms with E-state index in [-0.39, 0.29) is 6.61 Å². The fourth-order valence-corrected chi connectivity index (χ4v) is 5.43. The van der Waals surface area contributed by atoms with Gasteiger partial charge in [-0.1, -0.05) is 91.0 Å². The zero-order valence-electron chi connectivity index (χ0n) is 24.1. The molecule has 3 aromatic carbocycles. The predicted molar refractivity (Wildman–Crippen MR) is 160 cm³/mol. The zero-order valence-corrected chi connectivity index (χ0v) is 24.1. The largest absolute Gasteiger partial charge is 0.374 e. The lowest BCUT2D eigenvalue weighted by Crippen LogP contribution is -2.39. The Kier molecular flexibility index (Phi) is 8.62. The van der Waals surface area contributed by atoms with Crippen molar-refractivity contribution in [2.24, 2.45) is 14.1 Å². The Morgan fingerprint density at radius 3 is 1.84 bits per heavy atom. The lowest BCUT2D eigenvalue weighted by Gasteiger charge is -2.25. The van der Waals surface area contributed by atoms with Gasteiger partial charge in [-0.15, -0.1) is 0 Å². The van der Waals surface area contributed by atoms with Gasteiger partial charge in [0.05, 0.1) is 32.6 Å². The molecule has 3 heterocycles. The number of aryl methyl sites for hydroxylation is 1. The predicted octanol–water partition coefficient (Wildman–Crippen LogP) is 3.72. The van der Waals surface area contributed by atoms with Crippen molar-refractivity contribution in [2.75, 3.05) is 6.61 Å². The van der Waals surface area contributed by atoms with Crippen LogP contribution in [-0.4, -0.2) is 43.8 Å². The molecule has 1 fully saturated rings. The summed E-state index contributed by atoms with van der Waals surface area (Å²) in [5, 5.41) is 4.85. The summed E-state index contributed by atoms with van der Waals surface area (Å²) >= 11 is 0. The molecule has 4 atom stereocenters. The van der Waals surface area contributed by atoms with Gasteiger partial charge in [0.15, 0.2) is 11.9 Å². The van der Waals surface area contributed by atoms with Crippen LogP contribution in [0.15, 0.2) is 107 Å². The summed E-state index contributed by atoms with van der Waals surface area (Å²) in [6.07, 6.45) is -1.05. The molecule has 10 heteroatoms. The summed E-state index contributed by atoms with van der Waals surface area (Å²) in [5.41, 5.74) is 2.49. The minimum absolute atomic E-state index is 0.232. The van der Waals surface area contributed by atoms with Crippen molar-refractivity contribution in [2.45, 2.75) is 44.4 Å². The maximum atomic E-state index is 13.0. The van der Waals surface area contributed by atoms with E-state index in [2.05, 4.69) is 5.10 Å². The summed E-state index contributed by atoms with van der Waals surface area (Å²) in [6, 6.07) is 29.6. The molecule has 0 bridgehead atoms. The molecule has 0 N–H and O–H groups in total. The van der Waals surface area contributed by atoms with Gasteiger partial charge in [0.2, 0.25) is 0 Å². The normalized spacial score (nSPS) is 20.1. The first-order chi connectivity index (χ1) is 21.0. The Bertz CT molecular complexity index is 1770. The average molecular weight is 583 g/mol. The average Bonchev–Trinajstić information content (AvgIpc) is 3.64. The van der Waals surface area contributed by atoms with Gasteiger partial charge in [-0.25, -0.2) is 9.48 Å². The van der Waals surface area contributed by atoms with E-state index < -0.39 is 35.8 Å². The molecule has 0 aliphatic carbocycles. The molecule has 43 heavy (non-hydrogen) atoms. The van der Waals surface area contributed by atoms with Crippen LogP contribution in [0, 0.1) is 0 Å². The van der Waals surface area contributed by atoms with Gasteiger partial charge in [-0.2, -0.15) is 5.10 Å². The molecular formula is C33H34N4O6. The van der Waals surface area contributed by atoms with Crippen LogP contribution in [0.25, 0.3) is 11.0 Å². The van der Waals surface area contributed by atoms with Gasteiger partial charge in [-0.05, 0) is 16.7 Å². The lowest BCUT2D eigenvalue weighted by atomic mass is 10.1. The van der Waals surface area contributed by atoms with Crippen LogP contribution >= 0.6 is 0 Å². The second-order valence-electron chi connectivity index (χ2n) is 10.6. The van der Waals surface area contributed by atoms with Crippen LogP contribution in [0.1, 0.15) is 22.9 Å². The standard InChI is InChI=1S/C33H34N4O6/c1-35-30-26(31(38)36(2)33(35)39)18-34-37(30)32-29(42-21-25-16-10-5-11-17-25)28(41-20-24-14-8-4-9-15-24)27(43-32)22-40-19-23-12-6-3-7-13-23/h3-18,27-29,32H,19-22H2,1-2H3/t27-,28-,29-,32-/m1/s1. The summed E-state index contributed by atoms with van der Waals surface area (Å²) < 4.78 is 29.9. The van der Waals surface area contributed by atoms with Gasteiger partial charge >= 0.3 is 5.69 Å². The van der Waals surface area contributed by atoms with E-state index in [9.17, 15) is 9.59 Å². The molecule has 5 aromatic rings. The fourth-order valence-electron chi connectivity index (χ4n) is 5.43. The van der Waals surface area contributed by atoms with Crippen LogP contribution < -0.4 is 11.2 Å². The number of rotatable bonds is 11. The molecule has 0 amide bonds. The maximum absolute atomic E-state index is 13.0. The topological polar surface area (TPSA) is 98.7 Å². The van der Waals surface area contributed by atoms with E-state index in [1.807, 2.05) is 91.0 Å². The quantitative estimate of drug-likeness (QED) is 0.234. The molecule has 0 unspecified atom stereocenters. The third kappa shape index (κ3) is 6.09. The summed E-state index contributed by atoms with van der Waals surface area (Å²) in [6.45, 7) is 1.27. The minimum atomic E-state index is -0.801. The van der Waals surface area contributed by atoms with Crippen LogP contribution in [-0.2, 0) is 52.9 Å². The molecule has 0 saturated carbocycles. The molecule has 0 radical (unpaired) electrons. The van der Waals surface area contributed by atoms with Crippen LogP contribution in [0.5, 0.6) is 0 Å². The van der Waals surface area contributed by atoms with Gasteiger partial charge in [0, 0.05) is 14.1 Å². The highest BCUT2D eigenvalue weighted by atomic mass is 16.6. The van der Waals surface area contributed by atoms with Crippen molar-refractivity contribution < 1.29 is 18.9 Å². The fraction of sp³-hybridized carbons (Fsp3) is 0.303. The highest BCUT2D eigenvalue weighted by Crippen LogP contribution is 2.36. The molecule has 6 rings (SSSR count). The van der Waals surface area contributed by atoms with Crippen molar-refractivity contribution in [3.8, 4) is 0 Å². The van der Waals surface area contributed by atoms with E-state index in [0.29, 0.717) is 30.9 Å². The van der Waals surface area contributed by atoms with Crippen LogP contribution in [0.4, 0.5) is 0 Å². The molecule has 1 aliphatic rings. The van der Waals surface area contributed by atoms with Crippen molar-refractivity contribution in [3.63, 3.8) is 0 Å². The van der Waals surface area contributed by atoms with Crippen molar-refractivity contribution in [1.82, 2.24) is 18.9 Å². The van der Waals surface area contributed by atoms with E-state index in [1.54, 1.807) is 11.7 Å². The van der Waals surface area contributed by atoms with Gasteiger partial charge in [-0.3, -0.25) is 13.9 Å². The van der Waals surface area contributed by atoms with E-state index in [4.69, 9.17) is 18.9 Å². The van der Waals surface area contributed by atoms with Crippen LogP contribution in [0.3, 0.4) is 0 Å². The van der Waals surface area contributed by atoms with E-state index >= 15 is 0 Å². The first kappa shape index (κ1) is 28.8. The number of hydrogen-bond donors (Lipinski definition) is 0. The Balaban J connectivity index is 1.36.